The molecular weight excluding hydrogens is 526 g/mol. The molecule has 11 heteroatoms. The fraction of sp³-hybridized carbons (Fsp3) is 0.481. The second-order valence-electron chi connectivity index (χ2n) is 10.1. The van der Waals surface area contributed by atoms with Crippen molar-refractivity contribution in [2.75, 3.05) is 39.9 Å². The largest absolute Gasteiger partial charge is 0.385 e. The van der Waals surface area contributed by atoms with Crippen molar-refractivity contribution in [2.24, 2.45) is 11.7 Å². The number of nitrogens with zero attached hydrogens (tertiary/aromatic N) is 4. The Bertz CT molecular complexity index is 1390. The highest BCUT2D eigenvalue weighted by atomic mass is 35.5. The molecule has 1 amide bonds. The molecule has 0 spiro atoms. The number of likely N-dealkylation sites (tertiary alicyclic amines) is 1. The van der Waals surface area contributed by atoms with E-state index in [4.69, 9.17) is 27.1 Å². The first kappa shape index (κ1) is 27.1. The zero-order valence-electron chi connectivity index (χ0n) is 21.5. The van der Waals surface area contributed by atoms with E-state index in [0.29, 0.717) is 24.7 Å². The molecule has 38 heavy (non-hydrogen) atoms. The highest BCUT2D eigenvalue weighted by Crippen LogP contribution is 2.32. The van der Waals surface area contributed by atoms with Crippen molar-refractivity contribution < 1.29 is 17.9 Å². The molecule has 3 aromatic rings. The van der Waals surface area contributed by atoms with Crippen molar-refractivity contribution >= 4 is 38.6 Å². The highest BCUT2D eigenvalue weighted by Gasteiger charge is 2.43. The second kappa shape index (κ2) is 11.3. The van der Waals surface area contributed by atoms with E-state index in [1.165, 1.54) is 16.4 Å². The number of aryl methyl sites for hydroxylation is 1. The number of rotatable bonds is 8. The average Bonchev–Trinajstić information content (AvgIpc) is 3.50. The Morgan fingerprint density at radius 3 is 2.66 bits per heavy atom. The van der Waals surface area contributed by atoms with Crippen LogP contribution in [0.1, 0.15) is 31.0 Å². The van der Waals surface area contributed by atoms with Crippen LogP contribution in [-0.4, -0.2) is 79.0 Å². The number of imidazole rings is 1. The van der Waals surface area contributed by atoms with Gasteiger partial charge in [-0.2, -0.15) is 4.31 Å². The molecule has 1 aromatic heterocycles. The average molecular weight is 560 g/mol. The number of carbonyl (C=O) groups is 1. The Morgan fingerprint density at radius 1 is 1.13 bits per heavy atom. The van der Waals surface area contributed by atoms with E-state index in [-0.39, 0.29) is 29.8 Å². The van der Waals surface area contributed by atoms with Gasteiger partial charge in [0.1, 0.15) is 5.82 Å². The van der Waals surface area contributed by atoms with Crippen LogP contribution in [0.2, 0.25) is 5.02 Å². The van der Waals surface area contributed by atoms with E-state index in [9.17, 15) is 13.2 Å². The summed E-state index contributed by atoms with van der Waals surface area (Å²) >= 11 is 5.93. The number of hydrogen-bond acceptors (Lipinski definition) is 6. The summed E-state index contributed by atoms with van der Waals surface area (Å²) < 4.78 is 35.2. The third-order valence-corrected chi connectivity index (χ3v) is 9.71. The molecule has 2 saturated heterocycles. The Hall–Kier alpha value is -2.50. The molecule has 204 valence electrons. The first-order valence-electron chi connectivity index (χ1n) is 13.0. The van der Waals surface area contributed by atoms with Gasteiger partial charge in [0, 0.05) is 63.4 Å². The van der Waals surface area contributed by atoms with Gasteiger partial charge in [-0.15, -0.1) is 0 Å². The summed E-state index contributed by atoms with van der Waals surface area (Å²) in [4.78, 5) is 20.6. The van der Waals surface area contributed by atoms with E-state index in [1.54, 1.807) is 19.2 Å². The predicted molar refractivity (Wildman–Crippen MR) is 146 cm³/mol. The molecule has 5 rings (SSSR count). The zero-order chi connectivity index (χ0) is 26.9. The number of fused-ring (bicyclic) bond motifs is 1. The van der Waals surface area contributed by atoms with E-state index >= 15 is 0 Å². The van der Waals surface area contributed by atoms with Crippen LogP contribution in [0.25, 0.3) is 11.0 Å². The lowest BCUT2D eigenvalue weighted by Gasteiger charge is -2.35. The summed E-state index contributed by atoms with van der Waals surface area (Å²) in [5.41, 5.74) is 8.40. The van der Waals surface area contributed by atoms with Crippen LogP contribution in [0, 0.1) is 5.92 Å². The summed E-state index contributed by atoms with van der Waals surface area (Å²) in [5.74, 6) is 0.408. The van der Waals surface area contributed by atoms with Crippen LogP contribution < -0.4 is 5.73 Å². The fourth-order valence-electron chi connectivity index (χ4n) is 5.64. The van der Waals surface area contributed by atoms with Crippen LogP contribution in [0.3, 0.4) is 0 Å². The van der Waals surface area contributed by atoms with E-state index in [1.807, 2.05) is 23.1 Å². The Balaban J connectivity index is 1.32. The highest BCUT2D eigenvalue weighted by molar-refractivity contribution is 7.89. The lowest BCUT2D eigenvalue weighted by atomic mass is 9.94. The predicted octanol–water partition coefficient (Wildman–Crippen LogP) is 3.08. The van der Waals surface area contributed by atoms with Crippen molar-refractivity contribution in [1.82, 2.24) is 18.8 Å². The van der Waals surface area contributed by atoms with Gasteiger partial charge in [-0.3, -0.25) is 4.79 Å². The number of benzene rings is 2. The number of amides is 1. The van der Waals surface area contributed by atoms with Gasteiger partial charge in [0.05, 0.1) is 21.8 Å². The number of piperidine rings is 1. The molecule has 0 bridgehead atoms. The van der Waals surface area contributed by atoms with Gasteiger partial charge >= 0.3 is 0 Å². The van der Waals surface area contributed by atoms with Gasteiger partial charge < -0.3 is 19.9 Å². The summed E-state index contributed by atoms with van der Waals surface area (Å²) in [5, 5.41) is 0.460. The number of carbonyl (C=O) groups excluding carboxylic acids is 1. The summed E-state index contributed by atoms with van der Waals surface area (Å²) in [6.45, 7) is 2.80. The molecule has 0 aliphatic carbocycles. The Kier molecular flexibility index (Phi) is 8.06. The number of sulfonamides is 1. The first-order chi connectivity index (χ1) is 18.3. The summed E-state index contributed by atoms with van der Waals surface area (Å²) in [7, 11) is -2.07. The molecule has 0 radical (unpaired) electrons. The summed E-state index contributed by atoms with van der Waals surface area (Å²) in [6.07, 6.45) is 2.66. The molecule has 3 heterocycles. The number of methoxy groups -OCH3 is 1. The van der Waals surface area contributed by atoms with Crippen LogP contribution in [-0.2, 0) is 26.1 Å². The minimum atomic E-state index is -3.77. The zero-order valence-corrected chi connectivity index (χ0v) is 23.1. The molecule has 2 aromatic carbocycles. The number of halogens is 1. The molecule has 0 saturated carbocycles. The van der Waals surface area contributed by atoms with Gasteiger partial charge in [0.25, 0.3) is 0 Å². The number of aromatic nitrogens is 2. The second-order valence-corrected chi connectivity index (χ2v) is 12.5. The minimum absolute atomic E-state index is 0.0711. The van der Waals surface area contributed by atoms with Crippen molar-refractivity contribution in [3.05, 3.63) is 59.4 Å². The minimum Gasteiger partial charge on any atom is -0.385 e. The number of hydrogen-bond donors (Lipinski definition) is 1. The quantitative estimate of drug-likeness (QED) is 0.425. The number of nitrogens with two attached hydrogens (primary N) is 1. The normalized spacial score (nSPS) is 22.8. The molecule has 0 unspecified atom stereocenters. The van der Waals surface area contributed by atoms with Crippen molar-refractivity contribution in [2.45, 2.75) is 42.7 Å². The lowest BCUT2D eigenvalue weighted by Crippen LogP contribution is -2.47. The molecule has 2 fully saturated rings. The van der Waals surface area contributed by atoms with Crippen LogP contribution in [0.5, 0.6) is 0 Å². The maximum atomic E-state index is 13.7. The van der Waals surface area contributed by atoms with Crippen LogP contribution in [0.4, 0.5) is 0 Å². The maximum Gasteiger partial charge on any atom is 0.243 e. The molecular formula is C27H34ClN5O4S. The topological polar surface area (TPSA) is 111 Å². The molecule has 2 N–H and O–H groups in total. The van der Waals surface area contributed by atoms with Crippen molar-refractivity contribution in [3.8, 4) is 0 Å². The van der Waals surface area contributed by atoms with E-state index < -0.39 is 22.0 Å². The van der Waals surface area contributed by atoms with E-state index in [0.717, 1.165) is 42.7 Å². The molecule has 9 nitrogen and oxygen atoms in total. The maximum absolute atomic E-state index is 13.7. The molecule has 2 aliphatic rings. The van der Waals surface area contributed by atoms with Crippen molar-refractivity contribution in [3.63, 3.8) is 0 Å². The third-order valence-electron chi connectivity index (χ3n) is 7.61. The SMILES string of the molecule is COCCCn1c([C@@H]2CCCN(C(=O)[C@@H]3CN(S(=O)(=O)c4ccc(Cl)cc4)C[C@H]3N)C2)nc2ccccc21. The van der Waals surface area contributed by atoms with Gasteiger partial charge in [-0.05, 0) is 55.7 Å². The monoisotopic (exact) mass is 559 g/mol. The van der Waals surface area contributed by atoms with Crippen molar-refractivity contribution in [1.29, 1.82) is 0 Å². The summed E-state index contributed by atoms with van der Waals surface area (Å²) in [6, 6.07) is 13.6. The third kappa shape index (κ3) is 5.33. The Labute approximate surface area is 228 Å². The van der Waals surface area contributed by atoms with Crippen LogP contribution >= 0.6 is 11.6 Å². The number of ether oxygens (including phenoxy) is 1. The Morgan fingerprint density at radius 2 is 1.89 bits per heavy atom. The molecule has 2 aliphatic heterocycles. The lowest BCUT2D eigenvalue weighted by molar-refractivity contribution is -0.136. The number of para-hydroxylation sites is 2. The van der Waals surface area contributed by atoms with Gasteiger partial charge in [0.15, 0.2) is 0 Å². The van der Waals surface area contributed by atoms with E-state index in [2.05, 4.69) is 10.6 Å². The van der Waals surface area contributed by atoms with Gasteiger partial charge in [-0.1, -0.05) is 23.7 Å². The first-order valence-corrected chi connectivity index (χ1v) is 14.9. The van der Waals surface area contributed by atoms with Gasteiger partial charge in [0.2, 0.25) is 15.9 Å². The molecule has 3 atom stereocenters. The fourth-order valence-corrected chi connectivity index (χ4v) is 7.26. The van der Waals surface area contributed by atoms with Crippen LogP contribution in [0.15, 0.2) is 53.4 Å². The standard InChI is InChI=1S/C27H34ClN5O4S/c1-37-15-5-14-33-25-8-3-2-7-24(25)30-26(33)19-6-4-13-31(16-19)27(34)22-17-32(18-23(22)29)38(35,36)21-11-9-20(28)10-12-21/h2-3,7-12,19,22-23H,4-6,13-18,29H2,1H3/t19-,22-,23-/m1/s1. The smallest absolute Gasteiger partial charge is 0.243 e. The van der Waals surface area contributed by atoms with Gasteiger partial charge in [-0.25, -0.2) is 13.4 Å².